The summed E-state index contributed by atoms with van der Waals surface area (Å²) in [6, 6.07) is 17.4. The van der Waals surface area contributed by atoms with Gasteiger partial charge in [0.1, 0.15) is 11.5 Å². The van der Waals surface area contributed by atoms with Crippen molar-refractivity contribution >= 4 is 5.76 Å². The Morgan fingerprint density at radius 1 is 1.08 bits per heavy atom. The van der Waals surface area contributed by atoms with Gasteiger partial charge in [-0.25, -0.2) is 4.98 Å². The van der Waals surface area contributed by atoms with Crippen molar-refractivity contribution in [2.24, 2.45) is 0 Å². The molecular weight excluding hydrogens is 316 g/mol. The maximum Gasteiger partial charge on any atom is 0.258 e. The molecule has 0 saturated heterocycles. The van der Waals surface area contributed by atoms with Crippen molar-refractivity contribution in [1.29, 1.82) is 0 Å². The molecule has 0 aliphatic carbocycles. The lowest BCUT2D eigenvalue weighted by molar-refractivity contribution is 0.414. The number of benzene rings is 2. The third-order valence-electron chi connectivity index (χ3n) is 4.22. The van der Waals surface area contributed by atoms with Crippen LogP contribution in [-0.4, -0.2) is 17.1 Å². The molecule has 5 nitrogen and oxygen atoms in total. The van der Waals surface area contributed by atoms with Crippen LogP contribution >= 0.6 is 0 Å². The minimum atomic E-state index is -0.223. The van der Waals surface area contributed by atoms with Crippen LogP contribution in [0.15, 0.2) is 71.8 Å². The zero-order valence-corrected chi connectivity index (χ0v) is 13.6. The van der Waals surface area contributed by atoms with Gasteiger partial charge in [-0.2, -0.15) is 0 Å². The van der Waals surface area contributed by atoms with E-state index >= 15 is 0 Å². The molecular formula is C20H16N2O3. The summed E-state index contributed by atoms with van der Waals surface area (Å²) in [6.45, 7) is 0. The zero-order valence-electron chi connectivity index (χ0n) is 13.6. The van der Waals surface area contributed by atoms with Crippen LogP contribution in [0.1, 0.15) is 22.6 Å². The van der Waals surface area contributed by atoms with Crippen LogP contribution in [0.3, 0.4) is 0 Å². The summed E-state index contributed by atoms with van der Waals surface area (Å²) >= 11 is 0. The Kier molecular flexibility index (Phi) is 3.82. The fourth-order valence-electron chi connectivity index (χ4n) is 2.96. The smallest absolute Gasteiger partial charge is 0.258 e. The largest absolute Gasteiger partial charge is 0.497 e. The highest BCUT2D eigenvalue weighted by Crippen LogP contribution is 2.37. The number of allylic oxidation sites excluding steroid dienone is 1. The average Bonchev–Trinajstić information content (AvgIpc) is 2.68. The molecule has 4 rings (SSSR count). The first-order chi connectivity index (χ1) is 12.3. The fraction of sp³-hybridized carbons (Fsp3) is 0.100. The number of hydrogen-bond donors (Lipinski definition) is 1. The number of methoxy groups -OCH3 is 1. The number of rotatable bonds is 3. The minimum Gasteiger partial charge on any atom is -0.497 e. The van der Waals surface area contributed by atoms with Gasteiger partial charge in [-0.1, -0.05) is 30.3 Å². The van der Waals surface area contributed by atoms with Gasteiger partial charge in [0.05, 0.1) is 19.0 Å². The van der Waals surface area contributed by atoms with Gasteiger partial charge >= 0.3 is 0 Å². The lowest BCUT2D eigenvalue weighted by Crippen LogP contribution is -2.22. The van der Waals surface area contributed by atoms with Crippen LogP contribution < -0.4 is 15.0 Å². The van der Waals surface area contributed by atoms with Crippen LogP contribution in [0.2, 0.25) is 0 Å². The second-order valence-corrected chi connectivity index (χ2v) is 5.70. The molecule has 1 atom stereocenters. The Morgan fingerprint density at radius 2 is 1.84 bits per heavy atom. The Balaban J connectivity index is 1.84. The van der Waals surface area contributed by atoms with E-state index in [1.165, 1.54) is 6.33 Å². The second kappa shape index (κ2) is 6.28. The van der Waals surface area contributed by atoms with Crippen molar-refractivity contribution in [2.75, 3.05) is 7.11 Å². The molecule has 1 aliphatic rings. The molecule has 1 aliphatic heterocycles. The molecule has 2 aromatic carbocycles. The predicted molar refractivity (Wildman–Crippen MR) is 94.7 cm³/mol. The molecule has 0 spiro atoms. The first-order valence-corrected chi connectivity index (χ1v) is 7.93. The highest BCUT2D eigenvalue weighted by molar-refractivity contribution is 5.67. The van der Waals surface area contributed by atoms with Crippen molar-refractivity contribution in [3.63, 3.8) is 0 Å². The van der Waals surface area contributed by atoms with Crippen LogP contribution in [0.25, 0.3) is 5.76 Å². The van der Waals surface area contributed by atoms with E-state index in [-0.39, 0.29) is 11.5 Å². The maximum atomic E-state index is 12.4. The minimum absolute atomic E-state index is 0.191. The van der Waals surface area contributed by atoms with Crippen LogP contribution in [0, 0.1) is 0 Å². The van der Waals surface area contributed by atoms with Crippen molar-refractivity contribution < 1.29 is 9.47 Å². The van der Waals surface area contributed by atoms with E-state index < -0.39 is 0 Å². The monoisotopic (exact) mass is 332 g/mol. The molecule has 0 bridgehead atoms. The van der Waals surface area contributed by atoms with Gasteiger partial charge in [-0.3, -0.25) is 4.79 Å². The number of nitrogens with one attached hydrogen (secondary N) is 1. The lowest BCUT2D eigenvalue weighted by Gasteiger charge is -2.23. The molecule has 0 radical (unpaired) electrons. The van der Waals surface area contributed by atoms with Crippen LogP contribution in [0.4, 0.5) is 0 Å². The molecule has 1 unspecified atom stereocenters. The molecule has 0 fully saturated rings. The van der Waals surface area contributed by atoms with Gasteiger partial charge in [0.25, 0.3) is 5.56 Å². The molecule has 124 valence electrons. The Morgan fingerprint density at radius 3 is 2.56 bits per heavy atom. The van der Waals surface area contributed by atoms with Crippen molar-refractivity contribution in [3.8, 4) is 11.6 Å². The van der Waals surface area contributed by atoms with E-state index in [0.29, 0.717) is 17.2 Å². The summed E-state index contributed by atoms with van der Waals surface area (Å²) in [5, 5.41) is 0. The quantitative estimate of drug-likeness (QED) is 0.799. The molecule has 2 heterocycles. The summed E-state index contributed by atoms with van der Waals surface area (Å²) in [5.41, 5.74) is 2.24. The van der Waals surface area contributed by atoms with Crippen molar-refractivity contribution in [1.82, 2.24) is 9.97 Å². The molecule has 1 N–H and O–H groups in total. The third-order valence-corrected chi connectivity index (χ3v) is 4.22. The summed E-state index contributed by atoms with van der Waals surface area (Å²) in [5.74, 6) is 1.56. The summed E-state index contributed by atoms with van der Waals surface area (Å²) in [6.07, 6.45) is 3.32. The number of fused-ring (bicyclic) bond motifs is 1. The van der Waals surface area contributed by atoms with E-state index in [9.17, 15) is 4.79 Å². The van der Waals surface area contributed by atoms with Gasteiger partial charge in [0.15, 0.2) is 0 Å². The maximum absolute atomic E-state index is 12.4. The molecule has 5 heteroatoms. The Bertz CT molecular complexity index is 976. The van der Waals surface area contributed by atoms with E-state index in [1.54, 1.807) is 7.11 Å². The van der Waals surface area contributed by atoms with Gasteiger partial charge < -0.3 is 14.5 Å². The topological polar surface area (TPSA) is 64.2 Å². The number of nitrogens with zero attached hydrogens (tertiary/aromatic N) is 1. The molecule has 1 aromatic heterocycles. The highest BCUT2D eigenvalue weighted by atomic mass is 16.5. The average molecular weight is 332 g/mol. The van der Waals surface area contributed by atoms with Crippen molar-refractivity contribution in [2.45, 2.75) is 5.92 Å². The second-order valence-electron chi connectivity index (χ2n) is 5.70. The Hall–Kier alpha value is -3.34. The highest BCUT2D eigenvalue weighted by Gasteiger charge is 2.28. The van der Waals surface area contributed by atoms with Gasteiger partial charge in [0, 0.05) is 11.5 Å². The van der Waals surface area contributed by atoms with E-state index in [0.717, 1.165) is 16.9 Å². The van der Waals surface area contributed by atoms with Crippen LogP contribution in [0.5, 0.6) is 11.6 Å². The summed E-state index contributed by atoms with van der Waals surface area (Å²) < 4.78 is 11.1. The van der Waals surface area contributed by atoms with Gasteiger partial charge in [-0.15, -0.1) is 0 Å². The first-order valence-electron chi connectivity index (χ1n) is 7.93. The number of ether oxygens (including phenoxy) is 2. The summed E-state index contributed by atoms with van der Waals surface area (Å²) in [4.78, 5) is 19.2. The van der Waals surface area contributed by atoms with Gasteiger partial charge in [-0.05, 0) is 35.9 Å². The number of H-pyrrole nitrogens is 1. The first kappa shape index (κ1) is 15.2. The van der Waals surface area contributed by atoms with E-state index in [2.05, 4.69) is 9.97 Å². The number of aromatic nitrogens is 2. The zero-order chi connectivity index (χ0) is 17.2. The molecule has 0 saturated carbocycles. The summed E-state index contributed by atoms with van der Waals surface area (Å²) in [7, 11) is 1.63. The van der Waals surface area contributed by atoms with E-state index in [4.69, 9.17) is 9.47 Å². The SMILES string of the molecule is COc1ccc(C2=CC(c3ccccc3)c3c(nc[nH]c3=O)O2)cc1. The molecule has 25 heavy (non-hydrogen) atoms. The molecule has 0 amide bonds. The molecule has 3 aromatic rings. The van der Waals surface area contributed by atoms with Crippen molar-refractivity contribution in [3.05, 3.63) is 94.0 Å². The predicted octanol–water partition coefficient (Wildman–Crippen LogP) is 3.34. The van der Waals surface area contributed by atoms with Crippen LogP contribution in [-0.2, 0) is 0 Å². The standard InChI is InChI=1S/C20H16N2O3/c1-24-15-9-7-14(8-10-15)17-11-16(13-5-3-2-4-6-13)18-19(23)21-12-22-20(18)25-17/h2-12,16H,1H3,(H,21,22,23). The normalized spacial score (nSPS) is 15.7. The fourth-order valence-corrected chi connectivity index (χ4v) is 2.96. The van der Waals surface area contributed by atoms with E-state index in [1.807, 2.05) is 60.7 Å². The number of hydrogen-bond acceptors (Lipinski definition) is 4. The Labute approximate surface area is 144 Å². The third kappa shape index (κ3) is 2.80. The number of aromatic amines is 1. The van der Waals surface area contributed by atoms with Gasteiger partial charge in [0.2, 0.25) is 5.88 Å². The lowest BCUT2D eigenvalue weighted by atomic mass is 9.89.